The monoisotopic (exact) mass is 595 g/mol. The number of benzene rings is 9. The summed E-state index contributed by atoms with van der Waals surface area (Å²) in [5.41, 5.74) is 7.17. The van der Waals surface area contributed by atoms with E-state index in [0.29, 0.717) is 5.69 Å². The van der Waals surface area contributed by atoms with E-state index in [1.54, 1.807) is 0 Å². The van der Waals surface area contributed by atoms with Gasteiger partial charge in [0.05, 0.1) is 6.57 Å². The minimum atomic E-state index is 0.655. The standard InChI is InChI=1S/C45H25NO/c1-46-31-19-16-27(17-20-31)38-24-30-15-14-28(22-39(30)33-9-3-2-8-32(33)38)29-18-21-36-40(23-29)34-10-4-5-11-35(34)41-25-43-37-12-6-7-13-44(37)47-45(43)26-42(36)41/h2-26H. The average molecular weight is 596 g/mol. The summed E-state index contributed by atoms with van der Waals surface area (Å²) >= 11 is 0. The molecular formula is C45H25NO. The molecule has 1 heterocycles. The molecule has 0 aliphatic rings. The molecule has 0 amide bonds. The molecule has 2 heteroatoms. The summed E-state index contributed by atoms with van der Waals surface area (Å²) in [6, 6.07) is 54.2. The Labute approximate surface area is 270 Å². The molecule has 47 heavy (non-hydrogen) atoms. The second-order valence-electron chi connectivity index (χ2n) is 12.4. The van der Waals surface area contributed by atoms with Crippen LogP contribution in [0.4, 0.5) is 5.69 Å². The molecule has 0 saturated carbocycles. The average Bonchev–Trinajstić information content (AvgIpc) is 3.51. The Morgan fingerprint density at radius 2 is 0.915 bits per heavy atom. The van der Waals surface area contributed by atoms with Crippen LogP contribution >= 0.6 is 0 Å². The van der Waals surface area contributed by atoms with Crippen molar-refractivity contribution in [2.75, 3.05) is 0 Å². The van der Waals surface area contributed by atoms with E-state index in [1.165, 1.54) is 70.6 Å². The van der Waals surface area contributed by atoms with Gasteiger partial charge in [0.1, 0.15) is 11.2 Å². The van der Waals surface area contributed by atoms with Gasteiger partial charge in [-0.05, 0) is 113 Å². The van der Waals surface area contributed by atoms with Crippen LogP contribution in [-0.4, -0.2) is 0 Å². The maximum absolute atomic E-state index is 7.34. The highest BCUT2D eigenvalue weighted by molar-refractivity contribution is 6.28. The molecule has 1 aromatic heterocycles. The van der Waals surface area contributed by atoms with E-state index in [9.17, 15) is 0 Å². The largest absolute Gasteiger partial charge is 0.456 e. The van der Waals surface area contributed by atoms with Crippen molar-refractivity contribution in [3.63, 3.8) is 0 Å². The molecule has 0 atom stereocenters. The fourth-order valence-electron chi connectivity index (χ4n) is 7.59. The van der Waals surface area contributed by atoms with E-state index in [1.807, 2.05) is 24.3 Å². The van der Waals surface area contributed by atoms with Crippen molar-refractivity contribution >= 4 is 81.5 Å². The Morgan fingerprint density at radius 3 is 1.66 bits per heavy atom. The van der Waals surface area contributed by atoms with E-state index in [2.05, 4.69) is 132 Å². The number of nitrogens with zero attached hydrogens (tertiary/aromatic N) is 1. The Kier molecular flexibility index (Phi) is 5.38. The zero-order valence-corrected chi connectivity index (χ0v) is 25.3. The lowest BCUT2D eigenvalue weighted by molar-refractivity contribution is 0.669. The lowest BCUT2D eigenvalue weighted by atomic mass is 9.89. The van der Waals surface area contributed by atoms with Crippen molar-refractivity contribution in [1.82, 2.24) is 0 Å². The summed E-state index contributed by atoms with van der Waals surface area (Å²) in [6.45, 7) is 7.34. The van der Waals surface area contributed by atoms with Gasteiger partial charge in [-0.2, -0.15) is 0 Å². The van der Waals surface area contributed by atoms with Crippen molar-refractivity contribution in [1.29, 1.82) is 0 Å². The summed E-state index contributed by atoms with van der Waals surface area (Å²) in [5.74, 6) is 0. The van der Waals surface area contributed by atoms with Crippen molar-refractivity contribution in [2.24, 2.45) is 0 Å². The molecule has 0 aliphatic heterocycles. The van der Waals surface area contributed by atoms with Crippen LogP contribution in [-0.2, 0) is 0 Å². The lowest BCUT2D eigenvalue weighted by Crippen LogP contribution is -1.87. The van der Waals surface area contributed by atoms with E-state index in [0.717, 1.165) is 27.5 Å². The van der Waals surface area contributed by atoms with Gasteiger partial charge in [0.15, 0.2) is 5.69 Å². The number of hydrogen-bond acceptors (Lipinski definition) is 1. The summed E-state index contributed by atoms with van der Waals surface area (Å²) in [6.07, 6.45) is 0. The van der Waals surface area contributed by atoms with Crippen molar-refractivity contribution in [2.45, 2.75) is 0 Å². The fourth-order valence-corrected chi connectivity index (χ4v) is 7.59. The second-order valence-corrected chi connectivity index (χ2v) is 12.4. The first-order valence-electron chi connectivity index (χ1n) is 15.9. The minimum absolute atomic E-state index is 0.655. The van der Waals surface area contributed by atoms with Gasteiger partial charge in [-0.15, -0.1) is 0 Å². The topological polar surface area (TPSA) is 17.5 Å². The van der Waals surface area contributed by atoms with Crippen LogP contribution in [0.15, 0.2) is 156 Å². The maximum atomic E-state index is 7.34. The molecule has 0 N–H and O–H groups in total. The Balaban J connectivity index is 1.19. The summed E-state index contributed by atoms with van der Waals surface area (Å²) in [4.78, 5) is 3.57. The van der Waals surface area contributed by atoms with E-state index >= 15 is 0 Å². The molecule has 10 aromatic rings. The van der Waals surface area contributed by atoms with Crippen molar-refractivity contribution < 1.29 is 4.42 Å². The third-order valence-electron chi connectivity index (χ3n) is 9.84. The fraction of sp³-hybridized carbons (Fsp3) is 0. The number of hydrogen-bond donors (Lipinski definition) is 0. The van der Waals surface area contributed by atoms with Gasteiger partial charge >= 0.3 is 0 Å². The van der Waals surface area contributed by atoms with Crippen molar-refractivity contribution in [3.05, 3.63) is 163 Å². The molecule has 0 bridgehead atoms. The number of fused-ring (bicyclic) bond motifs is 12. The quantitative estimate of drug-likeness (QED) is 0.144. The zero-order chi connectivity index (χ0) is 31.1. The molecule has 9 aromatic carbocycles. The van der Waals surface area contributed by atoms with Crippen LogP contribution in [0, 0.1) is 6.57 Å². The molecule has 2 nitrogen and oxygen atoms in total. The predicted molar refractivity (Wildman–Crippen MR) is 198 cm³/mol. The molecule has 216 valence electrons. The van der Waals surface area contributed by atoms with Gasteiger partial charge in [-0.3, -0.25) is 0 Å². The third-order valence-corrected chi connectivity index (χ3v) is 9.84. The first-order chi connectivity index (χ1) is 23.2. The summed E-state index contributed by atoms with van der Waals surface area (Å²) in [7, 11) is 0. The predicted octanol–water partition coefficient (Wildman–Crippen LogP) is 13.2. The number of para-hydroxylation sites is 1. The molecule has 0 radical (unpaired) electrons. The smallest absolute Gasteiger partial charge is 0.187 e. The van der Waals surface area contributed by atoms with Gasteiger partial charge in [0, 0.05) is 10.8 Å². The first kappa shape index (κ1) is 25.9. The Hall–Kier alpha value is -6.43. The zero-order valence-electron chi connectivity index (χ0n) is 25.3. The molecular weight excluding hydrogens is 571 g/mol. The van der Waals surface area contributed by atoms with E-state index in [4.69, 9.17) is 11.0 Å². The minimum Gasteiger partial charge on any atom is -0.456 e. The first-order valence-corrected chi connectivity index (χ1v) is 15.9. The molecule has 0 unspecified atom stereocenters. The van der Waals surface area contributed by atoms with Crippen LogP contribution in [0.5, 0.6) is 0 Å². The molecule has 0 spiro atoms. The Morgan fingerprint density at radius 1 is 0.362 bits per heavy atom. The Bertz CT molecular complexity index is 2960. The summed E-state index contributed by atoms with van der Waals surface area (Å²) in [5, 5.41) is 14.6. The maximum Gasteiger partial charge on any atom is 0.187 e. The van der Waals surface area contributed by atoms with Crippen molar-refractivity contribution in [3.8, 4) is 22.3 Å². The molecule has 0 aliphatic carbocycles. The van der Waals surface area contributed by atoms with Crippen LogP contribution in [0.25, 0.3) is 103 Å². The third kappa shape index (κ3) is 3.84. The van der Waals surface area contributed by atoms with E-state index < -0.39 is 0 Å². The van der Waals surface area contributed by atoms with Gasteiger partial charge in [-0.25, -0.2) is 4.85 Å². The van der Waals surface area contributed by atoms with Gasteiger partial charge in [0.2, 0.25) is 0 Å². The van der Waals surface area contributed by atoms with Crippen LogP contribution in [0.3, 0.4) is 0 Å². The molecule has 0 saturated heterocycles. The lowest BCUT2D eigenvalue weighted by Gasteiger charge is -2.14. The molecule has 10 rings (SSSR count). The van der Waals surface area contributed by atoms with E-state index in [-0.39, 0.29) is 0 Å². The second kappa shape index (κ2) is 9.78. The highest BCUT2D eigenvalue weighted by Crippen LogP contribution is 2.42. The van der Waals surface area contributed by atoms with Gasteiger partial charge in [-0.1, -0.05) is 115 Å². The van der Waals surface area contributed by atoms with Gasteiger partial charge in [0.25, 0.3) is 0 Å². The molecule has 0 fully saturated rings. The highest BCUT2D eigenvalue weighted by atomic mass is 16.3. The highest BCUT2D eigenvalue weighted by Gasteiger charge is 2.15. The van der Waals surface area contributed by atoms with Gasteiger partial charge < -0.3 is 4.42 Å². The SMILES string of the molecule is [C-]#[N+]c1ccc(-c2cc3ccc(-c4ccc5c(c4)c4ccccc4c4cc6c(cc54)oc4ccccc46)cc3c3ccccc23)cc1. The number of furan rings is 1. The summed E-state index contributed by atoms with van der Waals surface area (Å²) < 4.78 is 6.33. The number of rotatable bonds is 2. The van der Waals surface area contributed by atoms with Crippen LogP contribution in [0.2, 0.25) is 0 Å². The van der Waals surface area contributed by atoms with Crippen LogP contribution < -0.4 is 0 Å². The van der Waals surface area contributed by atoms with Crippen LogP contribution in [0.1, 0.15) is 0 Å². The normalized spacial score (nSPS) is 11.8.